The van der Waals surface area contributed by atoms with Crippen molar-refractivity contribution in [2.45, 2.75) is 26.0 Å². The van der Waals surface area contributed by atoms with Gasteiger partial charge in [-0.2, -0.15) is 0 Å². The van der Waals surface area contributed by atoms with Gasteiger partial charge in [-0.15, -0.1) is 0 Å². The van der Waals surface area contributed by atoms with Crippen LogP contribution >= 0.6 is 0 Å². The molecular formula is C23H25NO4. The number of carbonyl (C=O) groups excluding carboxylic acids is 1. The summed E-state index contributed by atoms with van der Waals surface area (Å²) in [6, 6.07) is 19.4. The average Bonchev–Trinajstić information content (AvgIpc) is 2.75. The standard InChI is InChI=1S/C23H25NO4/c1-4-19(28-20-11-7-9-17-8-5-6-10-18(17)20)23(25)24-15-16-12-13-21(26-2)22(14-16)27-3/h5-14,19H,4,15H2,1-3H3,(H,24,25). The van der Waals surface area contributed by atoms with Crippen molar-refractivity contribution in [2.75, 3.05) is 14.2 Å². The largest absolute Gasteiger partial charge is 0.493 e. The zero-order valence-corrected chi connectivity index (χ0v) is 16.4. The van der Waals surface area contributed by atoms with Gasteiger partial charge in [0.15, 0.2) is 17.6 Å². The zero-order valence-electron chi connectivity index (χ0n) is 16.4. The van der Waals surface area contributed by atoms with Gasteiger partial charge in [-0.1, -0.05) is 49.4 Å². The third-order valence-electron chi connectivity index (χ3n) is 4.60. The number of hydrogen-bond acceptors (Lipinski definition) is 4. The minimum absolute atomic E-state index is 0.148. The molecule has 3 aromatic rings. The number of nitrogens with one attached hydrogen (secondary N) is 1. The lowest BCUT2D eigenvalue weighted by atomic mass is 10.1. The topological polar surface area (TPSA) is 56.8 Å². The number of rotatable bonds is 8. The Morgan fingerprint density at radius 3 is 2.43 bits per heavy atom. The van der Waals surface area contributed by atoms with E-state index in [1.165, 1.54) is 0 Å². The molecule has 1 atom stereocenters. The van der Waals surface area contributed by atoms with Crippen molar-refractivity contribution in [3.63, 3.8) is 0 Å². The third kappa shape index (κ3) is 4.36. The summed E-state index contributed by atoms with van der Waals surface area (Å²) in [6.07, 6.45) is 0.00649. The van der Waals surface area contributed by atoms with Crippen LogP contribution in [0.2, 0.25) is 0 Å². The smallest absolute Gasteiger partial charge is 0.261 e. The van der Waals surface area contributed by atoms with E-state index in [0.29, 0.717) is 30.2 Å². The molecule has 0 bridgehead atoms. The number of methoxy groups -OCH3 is 2. The van der Waals surface area contributed by atoms with E-state index < -0.39 is 6.10 Å². The number of amides is 1. The maximum absolute atomic E-state index is 12.7. The van der Waals surface area contributed by atoms with E-state index in [1.807, 2.05) is 67.6 Å². The second-order valence-corrected chi connectivity index (χ2v) is 6.40. The number of hydrogen-bond donors (Lipinski definition) is 1. The quantitative estimate of drug-likeness (QED) is 0.633. The third-order valence-corrected chi connectivity index (χ3v) is 4.60. The fourth-order valence-electron chi connectivity index (χ4n) is 3.07. The van der Waals surface area contributed by atoms with Gasteiger partial charge >= 0.3 is 0 Å². The van der Waals surface area contributed by atoms with E-state index in [2.05, 4.69) is 5.32 Å². The molecule has 0 aliphatic carbocycles. The first kappa shape index (κ1) is 19.5. The first-order valence-corrected chi connectivity index (χ1v) is 9.29. The highest BCUT2D eigenvalue weighted by Gasteiger charge is 2.19. The van der Waals surface area contributed by atoms with Gasteiger partial charge in [-0.05, 0) is 35.6 Å². The van der Waals surface area contributed by atoms with Crippen molar-refractivity contribution >= 4 is 16.7 Å². The van der Waals surface area contributed by atoms with Crippen LogP contribution in [-0.2, 0) is 11.3 Å². The van der Waals surface area contributed by atoms with Gasteiger partial charge in [-0.25, -0.2) is 0 Å². The van der Waals surface area contributed by atoms with Crippen LogP contribution in [0.3, 0.4) is 0 Å². The molecule has 1 N–H and O–H groups in total. The van der Waals surface area contributed by atoms with Gasteiger partial charge in [0.25, 0.3) is 5.91 Å². The van der Waals surface area contributed by atoms with Crippen LogP contribution in [0.5, 0.6) is 17.2 Å². The van der Waals surface area contributed by atoms with E-state index in [4.69, 9.17) is 14.2 Å². The molecule has 146 valence electrons. The highest BCUT2D eigenvalue weighted by molar-refractivity contribution is 5.89. The van der Waals surface area contributed by atoms with Crippen molar-refractivity contribution < 1.29 is 19.0 Å². The normalized spacial score (nSPS) is 11.7. The Balaban J connectivity index is 1.68. The lowest BCUT2D eigenvalue weighted by Crippen LogP contribution is -2.37. The van der Waals surface area contributed by atoms with Gasteiger partial charge in [0, 0.05) is 11.9 Å². The minimum Gasteiger partial charge on any atom is -0.493 e. The van der Waals surface area contributed by atoms with Gasteiger partial charge in [-0.3, -0.25) is 4.79 Å². The van der Waals surface area contributed by atoms with E-state index in [9.17, 15) is 4.79 Å². The lowest BCUT2D eigenvalue weighted by Gasteiger charge is -2.19. The van der Waals surface area contributed by atoms with Crippen LogP contribution in [-0.4, -0.2) is 26.2 Å². The molecule has 1 amide bonds. The molecule has 0 spiro atoms. The molecule has 3 rings (SSSR count). The van der Waals surface area contributed by atoms with Gasteiger partial charge in [0.05, 0.1) is 14.2 Å². The molecule has 1 unspecified atom stereocenters. The molecule has 0 saturated carbocycles. The zero-order chi connectivity index (χ0) is 19.9. The molecule has 0 aliphatic rings. The molecule has 0 radical (unpaired) electrons. The number of carbonyl (C=O) groups is 1. The fourth-order valence-corrected chi connectivity index (χ4v) is 3.07. The Morgan fingerprint density at radius 1 is 0.929 bits per heavy atom. The van der Waals surface area contributed by atoms with Crippen molar-refractivity contribution in [2.24, 2.45) is 0 Å². The molecule has 0 fully saturated rings. The fraction of sp³-hybridized carbons (Fsp3) is 0.261. The van der Waals surface area contributed by atoms with Crippen molar-refractivity contribution in [1.29, 1.82) is 0 Å². The number of benzene rings is 3. The van der Waals surface area contributed by atoms with E-state index in [1.54, 1.807) is 14.2 Å². The molecular weight excluding hydrogens is 354 g/mol. The van der Waals surface area contributed by atoms with E-state index in [0.717, 1.165) is 16.3 Å². The molecule has 0 heterocycles. The molecule has 3 aromatic carbocycles. The molecule has 0 aliphatic heterocycles. The van der Waals surface area contributed by atoms with E-state index in [-0.39, 0.29) is 5.91 Å². The summed E-state index contributed by atoms with van der Waals surface area (Å²) in [5.74, 6) is 1.85. The van der Waals surface area contributed by atoms with Crippen LogP contribution < -0.4 is 19.5 Å². The first-order valence-electron chi connectivity index (χ1n) is 9.29. The molecule has 0 aromatic heterocycles. The Bertz CT molecular complexity index is 949. The Hall–Kier alpha value is -3.21. The van der Waals surface area contributed by atoms with Crippen molar-refractivity contribution in [3.05, 3.63) is 66.2 Å². The number of fused-ring (bicyclic) bond motifs is 1. The van der Waals surface area contributed by atoms with Crippen LogP contribution in [0.4, 0.5) is 0 Å². The SMILES string of the molecule is CCC(Oc1cccc2ccccc12)C(=O)NCc1ccc(OC)c(OC)c1. The lowest BCUT2D eigenvalue weighted by molar-refractivity contribution is -0.128. The average molecular weight is 379 g/mol. The highest BCUT2D eigenvalue weighted by atomic mass is 16.5. The molecule has 5 nitrogen and oxygen atoms in total. The summed E-state index contributed by atoms with van der Waals surface area (Å²) < 4.78 is 16.6. The second-order valence-electron chi connectivity index (χ2n) is 6.40. The summed E-state index contributed by atoms with van der Waals surface area (Å²) in [5.41, 5.74) is 0.922. The Labute approximate surface area is 165 Å². The maximum Gasteiger partial charge on any atom is 0.261 e. The second kappa shape index (κ2) is 9.13. The van der Waals surface area contributed by atoms with Crippen LogP contribution in [0.1, 0.15) is 18.9 Å². The van der Waals surface area contributed by atoms with Crippen molar-refractivity contribution in [1.82, 2.24) is 5.32 Å². The predicted molar refractivity (Wildman–Crippen MR) is 110 cm³/mol. The number of ether oxygens (including phenoxy) is 3. The summed E-state index contributed by atoms with van der Waals surface area (Å²) in [7, 11) is 3.18. The highest BCUT2D eigenvalue weighted by Crippen LogP contribution is 2.28. The van der Waals surface area contributed by atoms with Crippen LogP contribution in [0.25, 0.3) is 10.8 Å². The summed E-state index contributed by atoms with van der Waals surface area (Å²) in [6.45, 7) is 2.32. The van der Waals surface area contributed by atoms with Gasteiger partial charge < -0.3 is 19.5 Å². The van der Waals surface area contributed by atoms with Gasteiger partial charge in [0.1, 0.15) is 5.75 Å². The van der Waals surface area contributed by atoms with Crippen LogP contribution in [0.15, 0.2) is 60.7 Å². The molecule has 5 heteroatoms. The summed E-state index contributed by atoms with van der Waals surface area (Å²) in [4.78, 5) is 12.7. The predicted octanol–water partition coefficient (Wildman–Crippen LogP) is 4.33. The monoisotopic (exact) mass is 379 g/mol. The van der Waals surface area contributed by atoms with Crippen LogP contribution in [0, 0.1) is 0 Å². The Morgan fingerprint density at radius 2 is 1.68 bits per heavy atom. The molecule has 0 saturated heterocycles. The summed E-state index contributed by atoms with van der Waals surface area (Å²) in [5, 5.41) is 5.03. The van der Waals surface area contributed by atoms with E-state index >= 15 is 0 Å². The Kier molecular flexibility index (Phi) is 6.37. The molecule has 28 heavy (non-hydrogen) atoms. The first-order chi connectivity index (χ1) is 13.7. The van der Waals surface area contributed by atoms with Crippen molar-refractivity contribution in [3.8, 4) is 17.2 Å². The summed E-state index contributed by atoms with van der Waals surface area (Å²) >= 11 is 0. The maximum atomic E-state index is 12.7. The minimum atomic E-state index is -0.564. The van der Waals surface area contributed by atoms with Gasteiger partial charge in [0.2, 0.25) is 0 Å².